The fraction of sp³-hybridized carbons (Fsp3) is 0. The molecule has 0 fully saturated rings. The Labute approximate surface area is 100.0 Å². The van der Waals surface area contributed by atoms with Gasteiger partial charge >= 0.3 is 0 Å². The molecule has 3 heterocycles. The van der Waals surface area contributed by atoms with E-state index in [0.717, 1.165) is 20.7 Å². The molecule has 0 amide bonds. The average molecular weight is 249 g/mol. The smallest absolute Gasteiger partial charge is 0.150 e. The Bertz CT molecular complexity index is 638. The van der Waals surface area contributed by atoms with Gasteiger partial charge in [-0.05, 0) is 6.07 Å². The fourth-order valence-electron chi connectivity index (χ4n) is 1.39. The van der Waals surface area contributed by atoms with Crippen molar-refractivity contribution in [3.63, 3.8) is 0 Å². The molecule has 0 saturated carbocycles. The lowest BCUT2D eigenvalue weighted by Gasteiger charge is -1.92. The Balaban J connectivity index is 2.23. The van der Waals surface area contributed by atoms with E-state index in [1.807, 2.05) is 6.07 Å². The van der Waals surface area contributed by atoms with E-state index in [0.29, 0.717) is 5.15 Å². The van der Waals surface area contributed by atoms with Gasteiger partial charge in [0.25, 0.3) is 0 Å². The molecule has 6 heteroatoms. The summed E-state index contributed by atoms with van der Waals surface area (Å²) in [6.07, 6.45) is 6.49. The number of thiophene rings is 1. The van der Waals surface area contributed by atoms with Gasteiger partial charge in [-0.25, -0.2) is 19.9 Å². The zero-order valence-corrected chi connectivity index (χ0v) is 9.53. The lowest BCUT2D eigenvalue weighted by Crippen LogP contribution is -1.77. The Hall–Kier alpha value is -1.59. The zero-order valence-electron chi connectivity index (χ0n) is 7.96. The first-order valence-electron chi connectivity index (χ1n) is 4.50. The molecule has 0 aliphatic heterocycles. The third kappa shape index (κ3) is 1.54. The van der Waals surface area contributed by atoms with E-state index in [-0.39, 0.29) is 0 Å². The van der Waals surface area contributed by atoms with E-state index in [4.69, 9.17) is 11.6 Å². The molecule has 16 heavy (non-hydrogen) atoms. The van der Waals surface area contributed by atoms with Gasteiger partial charge in [0.05, 0.1) is 10.2 Å². The topological polar surface area (TPSA) is 51.6 Å². The number of halogens is 1. The van der Waals surface area contributed by atoms with Crippen LogP contribution in [0.4, 0.5) is 0 Å². The van der Waals surface area contributed by atoms with E-state index in [2.05, 4.69) is 19.9 Å². The van der Waals surface area contributed by atoms with E-state index < -0.39 is 0 Å². The van der Waals surface area contributed by atoms with Gasteiger partial charge in [-0.3, -0.25) is 0 Å². The van der Waals surface area contributed by atoms with Gasteiger partial charge in [0.2, 0.25) is 0 Å². The monoisotopic (exact) mass is 248 g/mol. The minimum atomic E-state index is 0.484. The number of nitrogens with zero attached hydrogens (tertiary/aromatic N) is 4. The molecule has 0 bridgehead atoms. The van der Waals surface area contributed by atoms with Gasteiger partial charge in [-0.2, -0.15) is 0 Å². The van der Waals surface area contributed by atoms with E-state index >= 15 is 0 Å². The van der Waals surface area contributed by atoms with Gasteiger partial charge in [0.15, 0.2) is 0 Å². The highest BCUT2D eigenvalue weighted by Gasteiger charge is 2.08. The molecule has 3 aromatic rings. The maximum atomic E-state index is 5.99. The zero-order chi connectivity index (χ0) is 11.0. The maximum absolute atomic E-state index is 5.99. The van der Waals surface area contributed by atoms with Crippen LogP contribution in [0.5, 0.6) is 0 Å². The Kier molecular flexibility index (Phi) is 2.27. The van der Waals surface area contributed by atoms with Crippen LogP contribution < -0.4 is 0 Å². The molecule has 0 aliphatic carbocycles. The molecule has 0 radical (unpaired) electrons. The molecule has 0 aromatic carbocycles. The number of hydrogen-bond acceptors (Lipinski definition) is 5. The van der Waals surface area contributed by atoms with Crippen molar-refractivity contribution in [2.24, 2.45) is 0 Å². The lowest BCUT2D eigenvalue weighted by atomic mass is 10.3. The molecule has 78 valence electrons. The maximum Gasteiger partial charge on any atom is 0.150 e. The molecule has 0 unspecified atom stereocenters. The summed E-state index contributed by atoms with van der Waals surface area (Å²) in [7, 11) is 0. The molecular weight excluding hydrogens is 244 g/mol. The highest BCUT2D eigenvalue weighted by Crippen LogP contribution is 2.34. The van der Waals surface area contributed by atoms with Crippen LogP contribution in [0.25, 0.3) is 20.7 Å². The van der Waals surface area contributed by atoms with Crippen LogP contribution in [0.15, 0.2) is 31.1 Å². The standard InChI is InChI=1S/C10H5ClN4S/c11-10-9-7(14-5-15-10)1-8(16-9)6-2-12-4-13-3-6/h1-5H. The van der Waals surface area contributed by atoms with Crippen molar-refractivity contribution in [2.75, 3.05) is 0 Å². The minimum absolute atomic E-state index is 0.484. The number of aromatic nitrogens is 4. The van der Waals surface area contributed by atoms with Crippen molar-refractivity contribution < 1.29 is 0 Å². The predicted octanol–water partition coefficient (Wildman–Crippen LogP) is 2.80. The Morgan fingerprint density at radius 1 is 1.06 bits per heavy atom. The first kappa shape index (κ1) is 9.62. The quantitative estimate of drug-likeness (QED) is 0.622. The third-order valence-corrected chi connectivity index (χ3v) is 3.69. The summed E-state index contributed by atoms with van der Waals surface area (Å²) in [6.45, 7) is 0. The molecule has 3 rings (SSSR count). The third-order valence-electron chi connectivity index (χ3n) is 2.11. The van der Waals surface area contributed by atoms with Gasteiger partial charge in [-0.1, -0.05) is 11.6 Å². The summed E-state index contributed by atoms with van der Waals surface area (Å²) < 4.78 is 0.892. The molecular formula is C10H5ClN4S. The Morgan fingerprint density at radius 2 is 1.88 bits per heavy atom. The number of fused-ring (bicyclic) bond motifs is 1. The van der Waals surface area contributed by atoms with Crippen LogP contribution in [0.3, 0.4) is 0 Å². The largest absolute Gasteiger partial charge is 0.244 e. The molecule has 0 N–H and O–H groups in total. The second-order valence-electron chi connectivity index (χ2n) is 3.12. The molecule has 0 aliphatic rings. The molecule has 0 saturated heterocycles. The molecule has 3 aromatic heterocycles. The van der Waals surface area contributed by atoms with E-state index in [1.54, 1.807) is 23.7 Å². The van der Waals surface area contributed by atoms with Crippen molar-refractivity contribution in [2.45, 2.75) is 0 Å². The first-order valence-corrected chi connectivity index (χ1v) is 5.69. The SMILES string of the molecule is Clc1ncnc2cc(-c3cncnc3)sc12. The number of hydrogen-bond donors (Lipinski definition) is 0. The van der Waals surface area contributed by atoms with Crippen molar-refractivity contribution >= 4 is 33.2 Å². The molecule has 4 nitrogen and oxygen atoms in total. The predicted molar refractivity (Wildman–Crippen MR) is 63.5 cm³/mol. The number of rotatable bonds is 1. The van der Waals surface area contributed by atoms with Crippen molar-refractivity contribution in [1.82, 2.24) is 19.9 Å². The summed E-state index contributed by atoms with van der Waals surface area (Å²) >= 11 is 7.53. The average Bonchev–Trinajstić information content (AvgIpc) is 2.76. The van der Waals surface area contributed by atoms with Crippen LogP contribution in [-0.2, 0) is 0 Å². The van der Waals surface area contributed by atoms with Crippen LogP contribution in [-0.4, -0.2) is 19.9 Å². The summed E-state index contributed by atoms with van der Waals surface area (Å²) in [5.74, 6) is 0. The summed E-state index contributed by atoms with van der Waals surface area (Å²) in [5, 5.41) is 0.484. The highest BCUT2D eigenvalue weighted by atomic mass is 35.5. The van der Waals surface area contributed by atoms with Crippen LogP contribution in [0, 0.1) is 0 Å². The fourth-order valence-corrected chi connectivity index (χ4v) is 2.62. The Morgan fingerprint density at radius 3 is 2.62 bits per heavy atom. The normalized spacial score (nSPS) is 10.8. The van der Waals surface area contributed by atoms with Gasteiger partial charge in [-0.15, -0.1) is 11.3 Å². The van der Waals surface area contributed by atoms with Crippen LogP contribution in [0.2, 0.25) is 5.15 Å². The first-order chi connectivity index (χ1) is 7.84. The lowest BCUT2D eigenvalue weighted by molar-refractivity contribution is 1.17. The van der Waals surface area contributed by atoms with Crippen molar-refractivity contribution in [3.05, 3.63) is 36.3 Å². The second-order valence-corrected chi connectivity index (χ2v) is 4.53. The molecule has 0 atom stereocenters. The van der Waals surface area contributed by atoms with E-state index in [9.17, 15) is 0 Å². The van der Waals surface area contributed by atoms with Crippen molar-refractivity contribution in [1.29, 1.82) is 0 Å². The van der Waals surface area contributed by atoms with Gasteiger partial charge in [0, 0.05) is 22.8 Å². The van der Waals surface area contributed by atoms with Gasteiger partial charge in [0.1, 0.15) is 17.8 Å². The minimum Gasteiger partial charge on any atom is -0.244 e. The summed E-state index contributed by atoms with van der Waals surface area (Å²) in [5.41, 5.74) is 1.81. The van der Waals surface area contributed by atoms with Crippen LogP contribution >= 0.6 is 22.9 Å². The van der Waals surface area contributed by atoms with Gasteiger partial charge < -0.3 is 0 Å². The highest BCUT2D eigenvalue weighted by molar-refractivity contribution is 7.22. The molecule has 0 spiro atoms. The van der Waals surface area contributed by atoms with E-state index in [1.165, 1.54) is 12.7 Å². The summed E-state index contributed by atoms with van der Waals surface area (Å²) in [6, 6.07) is 1.96. The summed E-state index contributed by atoms with van der Waals surface area (Å²) in [4.78, 5) is 17.1. The second kappa shape index (κ2) is 3.77. The van der Waals surface area contributed by atoms with Crippen LogP contribution in [0.1, 0.15) is 0 Å². The van der Waals surface area contributed by atoms with Crippen molar-refractivity contribution in [3.8, 4) is 10.4 Å².